The fraction of sp³-hybridized carbons (Fsp3) is 0.184. The Kier molecular flexibility index (Phi) is 9.58. The summed E-state index contributed by atoms with van der Waals surface area (Å²) in [4.78, 5) is 31.1. The van der Waals surface area contributed by atoms with Crippen molar-refractivity contribution in [2.45, 2.75) is 34.6 Å². The van der Waals surface area contributed by atoms with E-state index in [-0.39, 0.29) is 11.3 Å². The molecular weight excluding hydrogens is 681 g/mol. The SMILES string of the molecule is CCN(CC)c1ccc2cc(-c3ccc(-c4ccc(-c5ccc(-c6c(C)c7ccc(N(CC)CC)cc7oc6=O)cc5)c5ccccc45)cc3)c(=O)oc2c1. The van der Waals surface area contributed by atoms with Crippen molar-refractivity contribution >= 4 is 44.1 Å². The maximum atomic E-state index is 13.4. The Morgan fingerprint density at radius 1 is 0.455 bits per heavy atom. The Hall–Kier alpha value is -6.40. The van der Waals surface area contributed by atoms with E-state index in [9.17, 15) is 9.59 Å². The van der Waals surface area contributed by atoms with Gasteiger partial charge in [-0.3, -0.25) is 0 Å². The first kappa shape index (κ1) is 35.6. The van der Waals surface area contributed by atoms with E-state index in [1.165, 1.54) is 0 Å². The highest BCUT2D eigenvalue weighted by molar-refractivity contribution is 6.05. The second-order valence-corrected chi connectivity index (χ2v) is 13.9. The monoisotopic (exact) mass is 724 g/mol. The summed E-state index contributed by atoms with van der Waals surface area (Å²) >= 11 is 0. The average Bonchev–Trinajstić information content (AvgIpc) is 3.21. The summed E-state index contributed by atoms with van der Waals surface area (Å²) in [6.07, 6.45) is 0. The topological polar surface area (TPSA) is 66.9 Å². The van der Waals surface area contributed by atoms with Gasteiger partial charge >= 0.3 is 11.3 Å². The van der Waals surface area contributed by atoms with E-state index < -0.39 is 0 Å². The Morgan fingerprint density at radius 2 is 0.927 bits per heavy atom. The number of anilines is 2. The third kappa shape index (κ3) is 6.48. The number of benzene rings is 6. The van der Waals surface area contributed by atoms with Gasteiger partial charge in [-0.1, -0.05) is 84.9 Å². The van der Waals surface area contributed by atoms with Gasteiger partial charge in [0.1, 0.15) is 11.2 Å². The van der Waals surface area contributed by atoms with Crippen molar-refractivity contribution < 1.29 is 8.83 Å². The molecule has 6 nitrogen and oxygen atoms in total. The second kappa shape index (κ2) is 14.8. The quantitative estimate of drug-likeness (QED) is 0.131. The molecule has 6 aromatic carbocycles. The largest absolute Gasteiger partial charge is 0.422 e. The molecule has 0 unspecified atom stereocenters. The van der Waals surface area contributed by atoms with E-state index in [2.05, 4.69) is 116 Å². The fourth-order valence-corrected chi connectivity index (χ4v) is 8.00. The molecule has 0 aliphatic rings. The molecule has 0 bridgehead atoms. The van der Waals surface area contributed by atoms with E-state index in [1.807, 2.05) is 55.5 Å². The van der Waals surface area contributed by atoms with Crippen LogP contribution in [0.1, 0.15) is 33.3 Å². The molecule has 0 saturated heterocycles. The first-order valence-corrected chi connectivity index (χ1v) is 19.2. The minimum absolute atomic E-state index is 0.332. The highest BCUT2D eigenvalue weighted by Gasteiger charge is 2.17. The molecule has 0 saturated carbocycles. The maximum Gasteiger partial charge on any atom is 0.344 e. The van der Waals surface area contributed by atoms with Gasteiger partial charge in [-0.15, -0.1) is 0 Å². The molecule has 0 amide bonds. The van der Waals surface area contributed by atoms with Gasteiger partial charge in [-0.25, -0.2) is 9.59 Å². The number of hydrogen-bond acceptors (Lipinski definition) is 6. The Balaban J connectivity index is 1.10. The van der Waals surface area contributed by atoms with Crippen LogP contribution in [0.2, 0.25) is 0 Å². The van der Waals surface area contributed by atoms with Crippen molar-refractivity contribution in [1.82, 2.24) is 0 Å². The van der Waals surface area contributed by atoms with E-state index >= 15 is 0 Å². The van der Waals surface area contributed by atoms with Gasteiger partial charge in [0.2, 0.25) is 0 Å². The Bertz CT molecular complexity index is 2810. The summed E-state index contributed by atoms with van der Waals surface area (Å²) in [5.41, 5.74) is 10.6. The molecule has 6 heteroatoms. The van der Waals surface area contributed by atoms with Crippen molar-refractivity contribution in [3.8, 4) is 44.5 Å². The van der Waals surface area contributed by atoms with Crippen LogP contribution in [0.15, 0.2) is 146 Å². The van der Waals surface area contributed by atoms with Gasteiger partial charge in [0, 0.05) is 60.5 Å². The smallest absolute Gasteiger partial charge is 0.344 e. The minimum atomic E-state index is -0.348. The highest BCUT2D eigenvalue weighted by Crippen LogP contribution is 2.38. The number of fused-ring (bicyclic) bond motifs is 3. The lowest BCUT2D eigenvalue weighted by Gasteiger charge is -2.21. The number of rotatable bonds is 10. The zero-order valence-corrected chi connectivity index (χ0v) is 32.0. The molecule has 274 valence electrons. The summed E-state index contributed by atoms with van der Waals surface area (Å²) in [5.74, 6) is 0. The summed E-state index contributed by atoms with van der Waals surface area (Å²) in [6.45, 7) is 14.0. The zero-order valence-electron chi connectivity index (χ0n) is 32.0. The van der Waals surface area contributed by atoms with E-state index in [1.54, 1.807) is 0 Å². The molecule has 0 aliphatic carbocycles. The van der Waals surface area contributed by atoms with Crippen molar-refractivity contribution in [3.05, 3.63) is 154 Å². The van der Waals surface area contributed by atoms with Crippen LogP contribution in [0.4, 0.5) is 11.4 Å². The number of aryl methyl sites for hydroxylation is 1. The summed E-state index contributed by atoms with van der Waals surface area (Å²) < 4.78 is 11.7. The van der Waals surface area contributed by atoms with Crippen molar-refractivity contribution in [1.29, 1.82) is 0 Å². The lowest BCUT2D eigenvalue weighted by molar-refractivity contribution is 0.562. The molecule has 8 rings (SSSR count). The molecule has 8 aromatic rings. The Labute approximate surface area is 320 Å². The summed E-state index contributed by atoms with van der Waals surface area (Å²) in [5, 5.41) is 4.08. The van der Waals surface area contributed by atoms with Crippen LogP contribution in [-0.2, 0) is 0 Å². The number of nitrogens with zero attached hydrogens (tertiary/aromatic N) is 2. The minimum Gasteiger partial charge on any atom is -0.422 e. The van der Waals surface area contributed by atoms with E-state index in [4.69, 9.17) is 8.83 Å². The third-order valence-corrected chi connectivity index (χ3v) is 11.0. The van der Waals surface area contributed by atoms with Gasteiger partial charge in [-0.05, 0) is 115 Å². The normalized spacial score (nSPS) is 11.4. The predicted octanol–water partition coefficient (Wildman–Crippen LogP) is 11.7. The molecule has 2 heterocycles. The van der Waals surface area contributed by atoms with Crippen LogP contribution in [0.25, 0.3) is 77.2 Å². The van der Waals surface area contributed by atoms with E-state index in [0.717, 1.165) is 98.0 Å². The van der Waals surface area contributed by atoms with Gasteiger partial charge in [0.15, 0.2) is 0 Å². The van der Waals surface area contributed by atoms with Gasteiger partial charge in [-0.2, -0.15) is 0 Å². The molecule has 0 N–H and O–H groups in total. The molecule has 0 aliphatic heterocycles. The molecule has 0 atom stereocenters. The zero-order chi connectivity index (χ0) is 38.2. The lowest BCUT2D eigenvalue weighted by Crippen LogP contribution is -2.21. The molecule has 0 fully saturated rings. The van der Waals surface area contributed by atoms with Crippen LogP contribution in [0, 0.1) is 6.92 Å². The molecule has 2 aromatic heterocycles. The lowest BCUT2D eigenvalue weighted by atomic mass is 9.90. The predicted molar refractivity (Wildman–Crippen MR) is 230 cm³/mol. The third-order valence-electron chi connectivity index (χ3n) is 11.0. The first-order chi connectivity index (χ1) is 26.8. The average molecular weight is 725 g/mol. The summed E-state index contributed by atoms with van der Waals surface area (Å²) in [7, 11) is 0. The van der Waals surface area contributed by atoms with Crippen LogP contribution in [-0.4, -0.2) is 26.2 Å². The van der Waals surface area contributed by atoms with Gasteiger partial charge < -0.3 is 18.6 Å². The van der Waals surface area contributed by atoms with Crippen LogP contribution in [0.3, 0.4) is 0 Å². The van der Waals surface area contributed by atoms with Crippen LogP contribution < -0.4 is 21.1 Å². The molecule has 55 heavy (non-hydrogen) atoms. The molecular formula is C49H44N2O4. The maximum absolute atomic E-state index is 13.4. The fourth-order valence-electron chi connectivity index (χ4n) is 8.00. The van der Waals surface area contributed by atoms with Crippen molar-refractivity contribution in [3.63, 3.8) is 0 Å². The Morgan fingerprint density at radius 3 is 1.47 bits per heavy atom. The second-order valence-electron chi connectivity index (χ2n) is 13.9. The number of hydrogen-bond donors (Lipinski definition) is 0. The van der Waals surface area contributed by atoms with Gasteiger partial charge in [0.05, 0.1) is 11.1 Å². The van der Waals surface area contributed by atoms with Crippen LogP contribution in [0.5, 0.6) is 0 Å². The van der Waals surface area contributed by atoms with Gasteiger partial charge in [0.25, 0.3) is 0 Å². The van der Waals surface area contributed by atoms with E-state index in [0.29, 0.717) is 22.3 Å². The summed E-state index contributed by atoms with van der Waals surface area (Å²) in [6, 6.07) is 43.2. The first-order valence-electron chi connectivity index (χ1n) is 19.2. The van der Waals surface area contributed by atoms with Crippen LogP contribution >= 0.6 is 0 Å². The molecule has 0 spiro atoms. The molecule has 0 radical (unpaired) electrons. The standard InChI is InChI=1S/C49H44N2O4/c1-6-50(7-2)37-23-22-36-28-44(48(52)54-45(36)29-37)34-16-14-32(15-17-34)40-26-27-41(43-13-11-10-12-42(40)43)33-18-20-35(21-19-33)47-31(5)39-25-24-38(51(8-3)9-4)30-46(39)55-49(47)53/h10-30H,6-9H2,1-5H3. The van der Waals surface area contributed by atoms with Crippen molar-refractivity contribution in [2.75, 3.05) is 36.0 Å². The van der Waals surface area contributed by atoms with Crippen molar-refractivity contribution in [2.24, 2.45) is 0 Å². The highest BCUT2D eigenvalue weighted by atomic mass is 16.4.